The van der Waals surface area contributed by atoms with E-state index >= 15 is 0 Å². The molecule has 0 amide bonds. The highest BCUT2D eigenvalue weighted by atomic mass is 32.1. The topological polar surface area (TPSA) is 110 Å². The molecule has 0 saturated heterocycles. The Morgan fingerprint density at radius 2 is 2.00 bits per heavy atom. The van der Waals surface area contributed by atoms with E-state index in [0.717, 1.165) is 0 Å². The maximum atomic E-state index is 11.7. The van der Waals surface area contributed by atoms with Gasteiger partial charge in [-0.25, -0.2) is 9.59 Å². The number of nitrogens with zero attached hydrogens (tertiary/aromatic N) is 1. The van der Waals surface area contributed by atoms with Crippen LogP contribution in [0.5, 0.6) is 0 Å². The first kappa shape index (κ1) is 13.1. The smallest absolute Gasteiger partial charge is 0.371 e. The molecule has 0 radical (unpaired) electrons. The van der Waals surface area contributed by atoms with Crippen LogP contribution in [0.4, 0.5) is 0 Å². The number of thiazole rings is 1. The van der Waals surface area contributed by atoms with Gasteiger partial charge in [-0.15, -0.1) is 0 Å². The molecule has 0 aliphatic heterocycles. The van der Waals surface area contributed by atoms with Crippen LogP contribution in [0.2, 0.25) is 0 Å². The number of furan rings is 1. The van der Waals surface area contributed by atoms with Crippen molar-refractivity contribution in [2.24, 2.45) is 0 Å². The van der Waals surface area contributed by atoms with Crippen molar-refractivity contribution < 1.29 is 24.2 Å². The summed E-state index contributed by atoms with van der Waals surface area (Å²) in [6, 6.07) is 2.72. The fourth-order valence-corrected chi connectivity index (χ4v) is 2.42. The van der Waals surface area contributed by atoms with Gasteiger partial charge < -0.3 is 14.6 Å². The minimum atomic E-state index is -1.20. The van der Waals surface area contributed by atoms with Crippen molar-refractivity contribution in [1.29, 1.82) is 0 Å². The second-order valence-corrected chi connectivity index (χ2v) is 4.71. The zero-order valence-corrected chi connectivity index (χ0v) is 10.6. The maximum absolute atomic E-state index is 11.7. The summed E-state index contributed by atoms with van der Waals surface area (Å²) >= 11 is 0.631. The number of carboxylic acids is 2. The molecule has 2 aromatic rings. The molecule has 0 bridgehead atoms. The van der Waals surface area contributed by atoms with Crippen molar-refractivity contribution in [3.8, 4) is 0 Å². The van der Waals surface area contributed by atoms with Gasteiger partial charge in [0.15, 0.2) is 0 Å². The normalized spacial score (nSPS) is 10.6. The molecule has 0 atom stereocenters. The summed E-state index contributed by atoms with van der Waals surface area (Å²) in [5.74, 6) is -2.32. The number of carbonyl (C=O) groups is 2. The lowest BCUT2D eigenvalue weighted by molar-refractivity contribution is 0.0658. The minimum absolute atomic E-state index is 0.00171. The Morgan fingerprint density at radius 3 is 2.47 bits per heavy atom. The summed E-state index contributed by atoms with van der Waals surface area (Å²) in [6.07, 6.45) is 0. The van der Waals surface area contributed by atoms with E-state index in [0.29, 0.717) is 17.0 Å². The van der Waals surface area contributed by atoms with Crippen LogP contribution in [0.25, 0.3) is 0 Å². The summed E-state index contributed by atoms with van der Waals surface area (Å²) in [5.41, 5.74) is 0.316. The average molecular weight is 283 g/mol. The molecule has 2 rings (SSSR count). The van der Waals surface area contributed by atoms with Crippen molar-refractivity contribution in [2.75, 3.05) is 0 Å². The second kappa shape index (κ2) is 4.73. The van der Waals surface area contributed by atoms with Crippen molar-refractivity contribution >= 4 is 23.3 Å². The highest BCUT2D eigenvalue weighted by Crippen LogP contribution is 2.15. The van der Waals surface area contributed by atoms with Crippen molar-refractivity contribution in [1.82, 2.24) is 4.57 Å². The Labute approximate surface area is 110 Å². The van der Waals surface area contributed by atoms with Crippen LogP contribution in [0.3, 0.4) is 0 Å². The minimum Gasteiger partial charge on any atom is -0.477 e. The van der Waals surface area contributed by atoms with Gasteiger partial charge in [0.1, 0.15) is 10.6 Å². The first-order chi connectivity index (χ1) is 8.90. The summed E-state index contributed by atoms with van der Waals surface area (Å²) in [4.78, 5) is 32.8. The van der Waals surface area contributed by atoms with Gasteiger partial charge >= 0.3 is 16.8 Å². The van der Waals surface area contributed by atoms with Crippen LogP contribution in [-0.2, 0) is 6.54 Å². The molecule has 0 unspecified atom stereocenters. The highest BCUT2D eigenvalue weighted by Gasteiger charge is 2.18. The van der Waals surface area contributed by atoms with Crippen LogP contribution in [0.15, 0.2) is 21.3 Å². The van der Waals surface area contributed by atoms with Crippen LogP contribution in [0.1, 0.15) is 31.7 Å². The van der Waals surface area contributed by atoms with Gasteiger partial charge in [-0.2, -0.15) is 0 Å². The van der Waals surface area contributed by atoms with E-state index in [-0.39, 0.29) is 22.9 Å². The zero-order valence-electron chi connectivity index (χ0n) is 9.74. The predicted molar refractivity (Wildman–Crippen MR) is 65.0 cm³/mol. The van der Waals surface area contributed by atoms with E-state index in [4.69, 9.17) is 14.6 Å². The highest BCUT2D eigenvalue weighted by molar-refractivity contribution is 7.11. The van der Waals surface area contributed by atoms with Crippen LogP contribution >= 0.6 is 11.3 Å². The van der Waals surface area contributed by atoms with Gasteiger partial charge in [0.25, 0.3) is 0 Å². The third-order valence-electron chi connectivity index (χ3n) is 2.52. The molecule has 0 saturated carbocycles. The van der Waals surface area contributed by atoms with E-state index in [9.17, 15) is 14.4 Å². The fraction of sp³-hybridized carbons (Fsp3) is 0.182. The Balaban J connectivity index is 2.35. The van der Waals surface area contributed by atoms with Gasteiger partial charge in [-0.05, 0) is 19.1 Å². The van der Waals surface area contributed by atoms with Gasteiger partial charge in [0, 0.05) is 5.69 Å². The van der Waals surface area contributed by atoms with E-state index < -0.39 is 16.8 Å². The van der Waals surface area contributed by atoms with Crippen LogP contribution < -0.4 is 4.87 Å². The molecule has 8 heteroatoms. The van der Waals surface area contributed by atoms with E-state index in [2.05, 4.69) is 0 Å². The lowest BCUT2D eigenvalue weighted by Gasteiger charge is -2.01. The Morgan fingerprint density at radius 1 is 1.32 bits per heavy atom. The molecule has 0 aromatic carbocycles. The molecular formula is C11H9NO6S. The van der Waals surface area contributed by atoms with Gasteiger partial charge in [0.2, 0.25) is 5.76 Å². The summed E-state index contributed by atoms with van der Waals surface area (Å²) in [5, 5.41) is 17.6. The predicted octanol–water partition coefficient (Wildman–Crippen LogP) is 1.26. The summed E-state index contributed by atoms with van der Waals surface area (Å²) in [7, 11) is 0. The molecule has 0 aliphatic carbocycles. The number of rotatable bonds is 4. The molecule has 2 heterocycles. The maximum Gasteiger partial charge on any atom is 0.371 e. The lowest BCUT2D eigenvalue weighted by Crippen LogP contribution is -2.15. The molecule has 0 fully saturated rings. The third-order valence-corrected chi connectivity index (χ3v) is 3.59. The van der Waals surface area contributed by atoms with E-state index in [1.54, 1.807) is 0 Å². The van der Waals surface area contributed by atoms with Gasteiger partial charge in [0.05, 0.1) is 6.54 Å². The van der Waals surface area contributed by atoms with Gasteiger partial charge in [-0.3, -0.25) is 9.36 Å². The largest absolute Gasteiger partial charge is 0.477 e. The quantitative estimate of drug-likeness (QED) is 0.874. The molecule has 2 aromatic heterocycles. The second-order valence-electron chi connectivity index (χ2n) is 3.74. The van der Waals surface area contributed by atoms with Crippen LogP contribution in [-0.4, -0.2) is 26.7 Å². The molecular weight excluding hydrogens is 274 g/mol. The number of aromatic nitrogens is 1. The average Bonchev–Trinajstić information content (AvgIpc) is 2.89. The summed E-state index contributed by atoms with van der Waals surface area (Å²) in [6.45, 7) is 1.52. The Bertz CT molecular complexity index is 707. The van der Waals surface area contributed by atoms with E-state index in [1.165, 1.54) is 23.6 Å². The van der Waals surface area contributed by atoms with Crippen LogP contribution in [0, 0.1) is 6.92 Å². The van der Waals surface area contributed by atoms with Gasteiger partial charge in [-0.1, -0.05) is 11.3 Å². The molecule has 2 N–H and O–H groups in total. The standard InChI is InChI=1S/C11H9NO6S/c1-5-8(10(15)16)19-11(17)12(5)4-6-2-3-7(18-6)9(13)14/h2-3H,4H2,1H3,(H,13,14)(H,15,16). The SMILES string of the molecule is Cc1c(C(=O)O)sc(=O)n1Cc1ccc(C(=O)O)o1. The van der Waals surface area contributed by atoms with Crippen molar-refractivity contribution in [3.05, 3.63) is 43.9 Å². The summed E-state index contributed by atoms with van der Waals surface area (Å²) < 4.78 is 6.26. The number of hydrogen-bond donors (Lipinski definition) is 2. The number of carboxylic acid groups (broad SMARTS) is 2. The van der Waals surface area contributed by atoms with Crippen molar-refractivity contribution in [2.45, 2.75) is 13.5 Å². The molecule has 100 valence electrons. The molecule has 19 heavy (non-hydrogen) atoms. The lowest BCUT2D eigenvalue weighted by atomic mass is 10.3. The Hall–Kier alpha value is -2.35. The molecule has 0 spiro atoms. The first-order valence-electron chi connectivity index (χ1n) is 5.15. The number of aromatic carboxylic acids is 2. The molecule has 0 aliphatic rings. The fourth-order valence-electron chi connectivity index (χ4n) is 1.59. The Kier molecular flexibility index (Phi) is 3.26. The molecule has 7 nitrogen and oxygen atoms in total. The van der Waals surface area contributed by atoms with E-state index in [1.807, 2.05) is 0 Å². The van der Waals surface area contributed by atoms with Crippen molar-refractivity contribution in [3.63, 3.8) is 0 Å². The zero-order chi connectivity index (χ0) is 14.2. The monoisotopic (exact) mass is 283 g/mol. The third kappa shape index (κ3) is 2.43. The first-order valence-corrected chi connectivity index (χ1v) is 5.97. The number of hydrogen-bond acceptors (Lipinski definition) is 5.